The number of nitrogens with two attached hydrogens (primary N) is 1. The van der Waals surface area contributed by atoms with Gasteiger partial charge >= 0.3 is 6.03 Å². The van der Waals surface area contributed by atoms with E-state index in [0.717, 1.165) is 89.7 Å². The molecule has 6 amide bonds. The van der Waals surface area contributed by atoms with Crippen LogP contribution in [0.5, 0.6) is 11.5 Å². The van der Waals surface area contributed by atoms with Gasteiger partial charge in [0.1, 0.15) is 35.4 Å². The fourth-order valence-corrected chi connectivity index (χ4v) is 9.84. The number of hydrogen-bond acceptors (Lipinski definition) is 12. The fraction of sp³-hybridized carbons (Fsp3) is 0.391. The molecule has 2 atom stereocenters. The van der Waals surface area contributed by atoms with Gasteiger partial charge in [0, 0.05) is 70.0 Å². The highest BCUT2D eigenvalue weighted by atomic mass is 16.5. The second-order valence-electron chi connectivity index (χ2n) is 17.1. The number of aromatic nitrogens is 4. The van der Waals surface area contributed by atoms with E-state index < -0.39 is 29.7 Å². The molecule has 5 aliphatic heterocycles. The average Bonchev–Trinajstić information content (AvgIpc) is 3.82. The molecule has 5 aliphatic rings. The van der Waals surface area contributed by atoms with Crippen molar-refractivity contribution in [2.24, 2.45) is 5.92 Å². The quantitative estimate of drug-likeness (QED) is 0.207. The second-order valence-corrected chi connectivity index (χ2v) is 17.1. The predicted octanol–water partition coefficient (Wildman–Crippen LogP) is 4.56. The first-order valence-electron chi connectivity index (χ1n) is 21.9. The zero-order valence-corrected chi connectivity index (χ0v) is 34.9. The van der Waals surface area contributed by atoms with E-state index in [2.05, 4.69) is 25.1 Å². The van der Waals surface area contributed by atoms with E-state index in [1.54, 1.807) is 12.1 Å². The van der Waals surface area contributed by atoms with Crippen molar-refractivity contribution in [1.82, 2.24) is 44.7 Å². The molecule has 2 unspecified atom stereocenters. The first-order valence-corrected chi connectivity index (χ1v) is 21.9. The Bertz CT molecular complexity index is 2580. The lowest BCUT2D eigenvalue weighted by molar-refractivity contribution is -0.136. The largest absolute Gasteiger partial charge is 0.457 e. The maximum Gasteiger partial charge on any atom is 0.320 e. The van der Waals surface area contributed by atoms with E-state index in [1.165, 1.54) is 6.33 Å². The van der Waals surface area contributed by atoms with E-state index >= 15 is 0 Å². The molecule has 2 aromatic heterocycles. The van der Waals surface area contributed by atoms with Crippen molar-refractivity contribution in [1.29, 1.82) is 0 Å². The Morgan fingerprint density at radius 3 is 2.27 bits per heavy atom. The summed E-state index contributed by atoms with van der Waals surface area (Å²) in [6.45, 7) is 6.48. The SMILES string of the molecule is Nc1ncnc2c1c(-c1ccc(Oc3ccccc3)cc1)nn2C1CCCN(CC2CCN(C(=O)N3CCN(c4ccc5c(c4)C(=O)N(C4CCC(=O)NC4=O)C5=O)CC3)CC2)C1. The van der Waals surface area contributed by atoms with Gasteiger partial charge < -0.3 is 30.1 Å². The molecule has 4 fully saturated rings. The summed E-state index contributed by atoms with van der Waals surface area (Å²) in [5.74, 6) is 0.281. The van der Waals surface area contributed by atoms with Crippen molar-refractivity contribution in [2.75, 3.05) is 69.5 Å². The van der Waals surface area contributed by atoms with E-state index in [9.17, 15) is 24.0 Å². The molecule has 3 aromatic carbocycles. The fourth-order valence-electron chi connectivity index (χ4n) is 9.84. The lowest BCUT2D eigenvalue weighted by Gasteiger charge is -2.41. The van der Waals surface area contributed by atoms with Gasteiger partial charge in [-0.15, -0.1) is 0 Å². The topological polar surface area (TPSA) is 192 Å². The van der Waals surface area contributed by atoms with Crippen LogP contribution in [0.25, 0.3) is 22.3 Å². The van der Waals surface area contributed by atoms with Crippen molar-refractivity contribution >= 4 is 52.2 Å². The highest BCUT2D eigenvalue weighted by molar-refractivity contribution is 6.23. The van der Waals surface area contributed by atoms with E-state index in [-0.39, 0.29) is 36.0 Å². The van der Waals surface area contributed by atoms with Crippen molar-refractivity contribution in [3.05, 3.63) is 90.3 Å². The van der Waals surface area contributed by atoms with Gasteiger partial charge in [-0.1, -0.05) is 18.2 Å². The number of piperazine rings is 1. The summed E-state index contributed by atoms with van der Waals surface area (Å²) in [7, 11) is 0. The van der Waals surface area contributed by atoms with E-state index in [4.69, 9.17) is 15.6 Å². The lowest BCUT2D eigenvalue weighted by atomic mass is 9.95. The summed E-state index contributed by atoms with van der Waals surface area (Å²) >= 11 is 0. The normalized spacial score (nSPS) is 21.3. The number of rotatable bonds is 8. The lowest BCUT2D eigenvalue weighted by Crippen LogP contribution is -2.54. The Morgan fingerprint density at radius 2 is 1.51 bits per heavy atom. The molecule has 63 heavy (non-hydrogen) atoms. The van der Waals surface area contributed by atoms with Crippen molar-refractivity contribution in [3.63, 3.8) is 0 Å². The van der Waals surface area contributed by atoms with E-state index in [0.29, 0.717) is 51.0 Å². The van der Waals surface area contributed by atoms with Crippen molar-refractivity contribution < 1.29 is 28.7 Å². The van der Waals surface area contributed by atoms with Crippen LogP contribution >= 0.6 is 0 Å². The zero-order chi connectivity index (χ0) is 43.2. The molecule has 10 rings (SSSR count). The number of carbonyl (C=O) groups excluding carboxylic acids is 5. The molecule has 5 aromatic rings. The van der Waals surface area contributed by atoms with Crippen LogP contribution in [0.3, 0.4) is 0 Å². The van der Waals surface area contributed by atoms with Crippen LogP contribution in [-0.2, 0) is 9.59 Å². The number of amides is 6. The minimum atomic E-state index is -1.01. The number of piperidine rings is 3. The molecule has 0 aliphatic carbocycles. The smallest absolute Gasteiger partial charge is 0.320 e. The first-order chi connectivity index (χ1) is 30.7. The highest BCUT2D eigenvalue weighted by Gasteiger charge is 2.45. The molecule has 17 heteroatoms. The number of para-hydroxylation sites is 1. The third-order valence-electron chi connectivity index (χ3n) is 13.2. The number of nitrogens with one attached hydrogen (secondary N) is 1. The van der Waals surface area contributed by atoms with Gasteiger partial charge in [-0.05, 0) is 99.2 Å². The molecule has 0 spiro atoms. The molecule has 0 saturated carbocycles. The second kappa shape index (κ2) is 16.8. The number of benzene rings is 3. The van der Waals surface area contributed by atoms with Crippen LogP contribution in [0.2, 0.25) is 0 Å². The summed E-state index contributed by atoms with van der Waals surface area (Å²) in [5, 5.41) is 8.13. The van der Waals surface area contributed by atoms with Crippen LogP contribution in [-0.4, -0.2) is 134 Å². The molecular weight excluding hydrogens is 803 g/mol. The predicted molar refractivity (Wildman–Crippen MR) is 233 cm³/mol. The van der Waals surface area contributed by atoms with Gasteiger partial charge in [-0.2, -0.15) is 5.10 Å². The zero-order valence-electron chi connectivity index (χ0n) is 34.9. The van der Waals surface area contributed by atoms with Gasteiger partial charge in [0.2, 0.25) is 11.8 Å². The summed E-state index contributed by atoms with van der Waals surface area (Å²) in [4.78, 5) is 82.9. The summed E-state index contributed by atoms with van der Waals surface area (Å²) in [6, 6.07) is 21.9. The molecular formula is C46H49N11O6. The third-order valence-corrected chi connectivity index (χ3v) is 13.2. The van der Waals surface area contributed by atoms with Crippen LogP contribution in [0.15, 0.2) is 79.1 Å². The number of ether oxygens (including phenoxy) is 1. The minimum Gasteiger partial charge on any atom is -0.457 e. The standard InChI is InChI=1S/C46H49N11O6/c47-41-39-40(30-8-11-34(12-9-30)63-33-6-2-1-3-7-33)51-57(42(39)49-28-48-41)32-5-4-18-52(27-32)26-29-16-19-54(20-17-29)46(62)55-23-21-53(22-24-55)31-10-13-35-36(25-31)45(61)56(44(35)60)37-14-15-38(58)50-43(37)59/h1-3,6-13,25,28-29,32,37H,4-5,14-24,26-27H2,(H2,47,48,49)(H,50,58,59). The van der Waals surface area contributed by atoms with Crippen LogP contribution in [0, 0.1) is 5.92 Å². The summed E-state index contributed by atoms with van der Waals surface area (Å²) < 4.78 is 8.07. The number of nitrogen functional groups attached to an aromatic ring is 1. The number of nitrogens with zero attached hydrogens (tertiary/aromatic N) is 9. The third kappa shape index (κ3) is 7.81. The van der Waals surface area contributed by atoms with Gasteiger partial charge in [0.05, 0.1) is 22.6 Å². The maximum absolute atomic E-state index is 13.7. The molecule has 4 saturated heterocycles. The number of hydrogen-bond donors (Lipinski definition) is 2. The number of likely N-dealkylation sites (tertiary alicyclic amines) is 2. The average molecular weight is 852 g/mol. The Morgan fingerprint density at radius 1 is 0.778 bits per heavy atom. The van der Waals surface area contributed by atoms with Crippen LogP contribution < -0.4 is 20.7 Å². The van der Waals surface area contributed by atoms with Gasteiger partial charge in [-0.25, -0.2) is 19.4 Å². The number of anilines is 2. The molecule has 3 N–H and O–H groups in total. The summed E-state index contributed by atoms with van der Waals surface area (Å²) in [5.41, 5.74) is 10.2. The van der Waals surface area contributed by atoms with Crippen LogP contribution in [0.4, 0.5) is 16.3 Å². The molecule has 0 bridgehead atoms. The van der Waals surface area contributed by atoms with E-state index in [1.807, 2.05) is 75.1 Å². The van der Waals surface area contributed by atoms with Crippen molar-refractivity contribution in [2.45, 2.75) is 50.6 Å². The Kier molecular flexibility index (Phi) is 10.7. The maximum atomic E-state index is 13.7. The number of urea groups is 1. The molecule has 7 heterocycles. The molecule has 17 nitrogen and oxygen atoms in total. The Balaban J connectivity index is 0.723. The van der Waals surface area contributed by atoms with Gasteiger partial charge in [-0.3, -0.25) is 29.4 Å². The monoisotopic (exact) mass is 851 g/mol. The van der Waals surface area contributed by atoms with Gasteiger partial charge in [0.15, 0.2) is 5.65 Å². The van der Waals surface area contributed by atoms with Crippen LogP contribution in [0.1, 0.15) is 65.3 Å². The van der Waals surface area contributed by atoms with Crippen molar-refractivity contribution in [3.8, 4) is 22.8 Å². The minimum absolute atomic E-state index is 0.0572. The highest BCUT2D eigenvalue weighted by Crippen LogP contribution is 2.36. The Labute approximate surface area is 363 Å². The number of imide groups is 2. The molecule has 324 valence electrons. The summed E-state index contributed by atoms with van der Waals surface area (Å²) in [6.07, 6.45) is 5.58. The van der Waals surface area contributed by atoms with Gasteiger partial charge in [0.25, 0.3) is 11.8 Å². The first kappa shape index (κ1) is 40.2. The Hall–Kier alpha value is -6.88. The number of fused-ring (bicyclic) bond motifs is 2. The molecule has 0 radical (unpaired) electrons. The number of carbonyl (C=O) groups is 5.